The molecule has 0 fully saturated rings. The predicted octanol–water partition coefficient (Wildman–Crippen LogP) is 1.90. The highest BCUT2D eigenvalue weighted by Gasteiger charge is 2.15. The third-order valence-electron chi connectivity index (χ3n) is 2.80. The number of hydrogen-bond acceptors (Lipinski definition) is 2. The highest BCUT2D eigenvalue weighted by molar-refractivity contribution is 5.46. The van der Waals surface area contributed by atoms with Crippen molar-refractivity contribution in [1.82, 2.24) is 9.55 Å². The van der Waals surface area contributed by atoms with Crippen LogP contribution in [0, 0.1) is 0 Å². The van der Waals surface area contributed by atoms with Gasteiger partial charge in [0.2, 0.25) is 0 Å². The molecule has 15 heavy (non-hydrogen) atoms. The van der Waals surface area contributed by atoms with Crippen LogP contribution in [0.15, 0.2) is 36.7 Å². The Labute approximate surface area is 88.8 Å². The van der Waals surface area contributed by atoms with E-state index in [-0.39, 0.29) is 0 Å². The van der Waals surface area contributed by atoms with E-state index in [1.807, 2.05) is 12.4 Å². The first-order valence-electron chi connectivity index (χ1n) is 5.25. The second-order valence-electron chi connectivity index (χ2n) is 3.83. The van der Waals surface area contributed by atoms with Gasteiger partial charge in [-0.25, -0.2) is 4.98 Å². The molecule has 0 aliphatic carbocycles. The van der Waals surface area contributed by atoms with Crippen molar-refractivity contribution in [2.45, 2.75) is 13.0 Å². The molecule has 1 aliphatic heterocycles. The van der Waals surface area contributed by atoms with Crippen molar-refractivity contribution >= 4 is 5.82 Å². The first-order chi connectivity index (χ1) is 7.43. The van der Waals surface area contributed by atoms with Gasteiger partial charge < -0.3 is 9.88 Å². The molecule has 0 atom stereocenters. The van der Waals surface area contributed by atoms with Crippen molar-refractivity contribution in [3.63, 3.8) is 0 Å². The molecule has 1 aromatic heterocycles. The van der Waals surface area contributed by atoms with E-state index in [1.54, 1.807) is 0 Å². The van der Waals surface area contributed by atoms with E-state index in [4.69, 9.17) is 0 Å². The Balaban J connectivity index is 1.89. The third kappa shape index (κ3) is 1.50. The molecule has 0 saturated carbocycles. The Morgan fingerprint density at radius 3 is 3.00 bits per heavy atom. The van der Waals surface area contributed by atoms with Gasteiger partial charge in [0.25, 0.3) is 0 Å². The van der Waals surface area contributed by atoms with Crippen LogP contribution in [0.2, 0.25) is 0 Å². The lowest BCUT2D eigenvalue weighted by Crippen LogP contribution is -2.02. The number of nitrogens with zero attached hydrogens (tertiary/aromatic N) is 2. The van der Waals surface area contributed by atoms with Crippen LogP contribution in [0.3, 0.4) is 0 Å². The van der Waals surface area contributed by atoms with Crippen molar-refractivity contribution in [1.29, 1.82) is 0 Å². The van der Waals surface area contributed by atoms with Gasteiger partial charge in [0.15, 0.2) is 0 Å². The monoisotopic (exact) mass is 199 g/mol. The molecule has 1 aliphatic rings. The largest absolute Gasteiger partial charge is 0.368 e. The molecule has 0 bridgehead atoms. The second kappa shape index (κ2) is 3.42. The Hall–Kier alpha value is -1.77. The van der Waals surface area contributed by atoms with Crippen LogP contribution >= 0.6 is 0 Å². The number of rotatable bonds is 2. The van der Waals surface area contributed by atoms with E-state index in [0.717, 1.165) is 25.3 Å². The zero-order chi connectivity index (χ0) is 10.1. The van der Waals surface area contributed by atoms with Crippen LogP contribution < -0.4 is 5.32 Å². The van der Waals surface area contributed by atoms with Crippen LogP contribution in [0.4, 0.5) is 5.82 Å². The van der Waals surface area contributed by atoms with Crippen molar-refractivity contribution in [2.24, 2.45) is 0 Å². The third-order valence-corrected chi connectivity index (χ3v) is 2.80. The molecule has 0 spiro atoms. The summed E-state index contributed by atoms with van der Waals surface area (Å²) in [6, 6.07) is 10.5. The van der Waals surface area contributed by atoms with Crippen LogP contribution in [0.25, 0.3) is 0 Å². The topological polar surface area (TPSA) is 29.9 Å². The summed E-state index contributed by atoms with van der Waals surface area (Å²) < 4.78 is 2.23. The minimum Gasteiger partial charge on any atom is -0.368 e. The summed E-state index contributed by atoms with van der Waals surface area (Å²) in [5.74, 6) is 1.06. The van der Waals surface area contributed by atoms with Crippen LogP contribution in [-0.2, 0) is 13.0 Å². The molecule has 3 nitrogen and oxygen atoms in total. The summed E-state index contributed by atoms with van der Waals surface area (Å²) in [5, 5.41) is 3.27. The Bertz CT molecular complexity index is 459. The van der Waals surface area contributed by atoms with Gasteiger partial charge in [-0.2, -0.15) is 0 Å². The number of hydrogen-bond donors (Lipinski definition) is 1. The van der Waals surface area contributed by atoms with Gasteiger partial charge in [0.05, 0.1) is 12.0 Å². The molecule has 0 amide bonds. The summed E-state index contributed by atoms with van der Waals surface area (Å²) in [6.07, 6.45) is 3.01. The number of nitrogens with one attached hydrogen (secondary N) is 1. The van der Waals surface area contributed by atoms with Crippen LogP contribution in [0.5, 0.6) is 0 Å². The number of aromatic nitrogens is 2. The summed E-state index contributed by atoms with van der Waals surface area (Å²) in [7, 11) is 0. The molecule has 1 aromatic carbocycles. The maximum atomic E-state index is 4.34. The van der Waals surface area contributed by atoms with Gasteiger partial charge in [-0.1, -0.05) is 30.3 Å². The van der Waals surface area contributed by atoms with Gasteiger partial charge in [0.1, 0.15) is 5.82 Å². The van der Waals surface area contributed by atoms with Crippen LogP contribution in [0.1, 0.15) is 11.3 Å². The minimum atomic E-state index is 0.921. The van der Waals surface area contributed by atoms with Gasteiger partial charge in [0, 0.05) is 19.5 Å². The van der Waals surface area contributed by atoms with Crippen LogP contribution in [-0.4, -0.2) is 16.1 Å². The molecule has 76 valence electrons. The molecule has 3 rings (SSSR count). The number of anilines is 1. The molecule has 0 unspecified atom stereocenters. The first-order valence-corrected chi connectivity index (χ1v) is 5.25. The normalized spacial score (nSPS) is 13.6. The van der Waals surface area contributed by atoms with E-state index in [1.165, 1.54) is 11.3 Å². The Kier molecular flexibility index (Phi) is 1.95. The van der Waals surface area contributed by atoms with Gasteiger partial charge in [-0.05, 0) is 5.56 Å². The molecule has 0 saturated heterocycles. The van der Waals surface area contributed by atoms with Crippen molar-refractivity contribution in [3.05, 3.63) is 47.9 Å². The predicted molar refractivity (Wildman–Crippen MR) is 60.0 cm³/mol. The fraction of sp³-hybridized carbons (Fsp3) is 0.250. The lowest BCUT2D eigenvalue weighted by atomic mass is 10.2. The van der Waals surface area contributed by atoms with E-state index in [2.05, 4.69) is 39.1 Å². The molecule has 0 radical (unpaired) electrons. The summed E-state index contributed by atoms with van der Waals surface area (Å²) in [4.78, 5) is 4.34. The fourth-order valence-electron chi connectivity index (χ4n) is 2.03. The first kappa shape index (κ1) is 8.53. The maximum absolute atomic E-state index is 4.34. The van der Waals surface area contributed by atoms with Crippen molar-refractivity contribution < 1.29 is 0 Å². The zero-order valence-corrected chi connectivity index (χ0v) is 8.48. The summed E-state index contributed by atoms with van der Waals surface area (Å²) in [5.41, 5.74) is 2.66. The summed E-state index contributed by atoms with van der Waals surface area (Å²) in [6.45, 7) is 1.94. The molecule has 2 aromatic rings. The van der Waals surface area contributed by atoms with Gasteiger partial charge >= 0.3 is 0 Å². The van der Waals surface area contributed by atoms with Crippen molar-refractivity contribution in [2.75, 3.05) is 11.9 Å². The van der Waals surface area contributed by atoms with Gasteiger partial charge in [-0.3, -0.25) is 0 Å². The molecular weight excluding hydrogens is 186 g/mol. The zero-order valence-electron chi connectivity index (χ0n) is 8.48. The van der Waals surface area contributed by atoms with E-state index >= 15 is 0 Å². The molecular formula is C12H13N3. The van der Waals surface area contributed by atoms with Crippen molar-refractivity contribution in [3.8, 4) is 0 Å². The van der Waals surface area contributed by atoms with E-state index < -0.39 is 0 Å². The SMILES string of the molecule is c1ccc(Cn2cnc3c2CCN3)cc1. The molecule has 3 heteroatoms. The summed E-state index contributed by atoms with van der Waals surface area (Å²) >= 11 is 0. The Morgan fingerprint density at radius 1 is 1.27 bits per heavy atom. The fourth-order valence-corrected chi connectivity index (χ4v) is 2.03. The highest BCUT2D eigenvalue weighted by Crippen LogP contribution is 2.20. The van der Waals surface area contributed by atoms with E-state index in [9.17, 15) is 0 Å². The molecule has 2 heterocycles. The number of benzene rings is 1. The highest BCUT2D eigenvalue weighted by atomic mass is 15.2. The average molecular weight is 199 g/mol. The average Bonchev–Trinajstić information content (AvgIpc) is 2.85. The minimum absolute atomic E-state index is 0.921. The lowest BCUT2D eigenvalue weighted by Gasteiger charge is -2.05. The van der Waals surface area contributed by atoms with Gasteiger partial charge in [-0.15, -0.1) is 0 Å². The second-order valence-corrected chi connectivity index (χ2v) is 3.83. The number of imidazole rings is 1. The maximum Gasteiger partial charge on any atom is 0.147 e. The lowest BCUT2D eigenvalue weighted by molar-refractivity contribution is 0.749. The molecule has 1 N–H and O–H groups in total. The Morgan fingerprint density at radius 2 is 2.13 bits per heavy atom. The van der Waals surface area contributed by atoms with E-state index in [0.29, 0.717) is 0 Å². The number of fused-ring (bicyclic) bond motifs is 1. The smallest absolute Gasteiger partial charge is 0.147 e. The standard InChI is InChI=1S/C12H13N3/c1-2-4-10(5-3-1)8-15-9-14-12-11(15)6-7-13-12/h1-5,9,13H,6-8H2. The quantitative estimate of drug-likeness (QED) is 0.800.